The van der Waals surface area contributed by atoms with E-state index in [-0.39, 0.29) is 5.97 Å². The molecule has 0 aliphatic heterocycles. The van der Waals surface area contributed by atoms with E-state index in [1.165, 1.54) is 12.0 Å². The molecule has 1 aliphatic carbocycles. The molecule has 0 bridgehead atoms. The minimum absolute atomic E-state index is 0.100. The molecule has 1 aliphatic rings. The Balaban J connectivity index is 1.10. The summed E-state index contributed by atoms with van der Waals surface area (Å²) in [6.07, 6.45) is 10.6. The summed E-state index contributed by atoms with van der Waals surface area (Å²) in [4.78, 5) is 23.5. The first-order valence-electron chi connectivity index (χ1n) is 15.9. The maximum Gasteiger partial charge on any atom is 0.305 e. The summed E-state index contributed by atoms with van der Waals surface area (Å²) in [5, 5.41) is 11.3. The molecular weight excluding hydrogens is 595 g/mol. The number of halogens is 2. The quantitative estimate of drug-likeness (QED) is 0.0996. The third kappa shape index (κ3) is 8.42. The van der Waals surface area contributed by atoms with E-state index in [4.69, 9.17) is 27.9 Å². The Morgan fingerprint density at radius 3 is 2.68 bits per heavy atom. The number of carbonyl (C=O) groups is 1. The van der Waals surface area contributed by atoms with Gasteiger partial charge in [-0.3, -0.25) is 4.79 Å². The standard InChI is InChI=1S/C34H44Cl2N6O2/c1-3-44-32(43)6-4-15-41(16-5-13-38-14-11-24-7-9-26-20-30(35)31(36)21-27(26)18-24)22-25-8-10-28(19-25)42-17-12-29-33(37-2)39-23-40-34(29)42/h7,9,12,17-18,20-21,23,25,28,38H,3-6,8,10-11,13-16,19,22H2,1-2H3,(H,37,39,40). The summed E-state index contributed by atoms with van der Waals surface area (Å²) in [6, 6.07) is 12.9. The monoisotopic (exact) mass is 638 g/mol. The van der Waals surface area contributed by atoms with Gasteiger partial charge >= 0.3 is 5.97 Å². The molecular formula is C34H44Cl2N6O2. The molecule has 2 unspecified atom stereocenters. The number of esters is 1. The van der Waals surface area contributed by atoms with Crippen molar-refractivity contribution < 1.29 is 9.53 Å². The van der Waals surface area contributed by atoms with Gasteiger partial charge in [-0.15, -0.1) is 0 Å². The lowest BCUT2D eigenvalue weighted by atomic mass is 10.1. The molecule has 8 nitrogen and oxygen atoms in total. The minimum Gasteiger partial charge on any atom is -0.466 e. The molecule has 2 aromatic heterocycles. The summed E-state index contributed by atoms with van der Waals surface area (Å²) in [5.41, 5.74) is 2.29. The van der Waals surface area contributed by atoms with Crippen LogP contribution in [0.5, 0.6) is 0 Å². The highest BCUT2D eigenvalue weighted by Crippen LogP contribution is 2.37. The Morgan fingerprint density at radius 2 is 1.86 bits per heavy atom. The largest absolute Gasteiger partial charge is 0.466 e. The Hall–Kier alpha value is -2.91. The van der Waals surface area contributed by atoms with Crippen LogP contribution >= 0.6 is 23.2 Å². The summed E-state index contributed by atoms with van der Waals surface area (Å²) in [7, 11) is 1.90. The van der Waals surface area contributed by atoms with Crippen molar-refractivity contribution in [3.05, 3.63) is 64.5 Å². The van der Waals surface area contributed by atoms with E-state index in [1.807, 2.05) is 26.1 Å². The highest BCUT2D eigenvalue weighted by molar-refractivity contribution is 6.42. The Labute approximate surface area is 270 Å². The number of hydrogen-bond donors (Lipinski definition) is 2. The summed E-state index contributed by atoms with van der Waals surface area (Å²) in [5.74, 6) is 1.39. The maximum atomic E-state index is 12.0. The first-order valence-corrected chi connectivity index (χ1v) is 16.7. The van der Waals surface area contributed by atoms with Gasteiger partial charge in [0.1, 0.15) is 17.8 Å². The minimum atomic E-state index is -0.100. The predicted octanol–water partition coefficient (Wildman–Crippen LogP) is 7.14. The lowest BCUT2D eigenvalue weighted by Crippen LogP contribution is -2.33. The Bertz CT molecular complexity index is 1540. The zero-order valence-corrected chi connectivity index (χ0v) is 27.3. The average Bonchev–Trinajstić information content (AvgIpc) is 3.66. The van der Waals surface area contributed by atoms with Crippen LogP contribution in [0.4, 0.5) is 5.82 Å². The van der Waals surface area contributed by atoms with Crippen molar-refractivity contribution in [3.8, 4) is 0 Å². The number of hydrogen-bond acceptors (Lipinski definition) is 7. The lowest BCUT2D eigenvalue weighted by Gasteiger charge is -2.26. The maximum absolute atomic E-state index is 12.0. The zero-order chi connectivity index (χ0) is 30.9. The van der Waals surface area contributed by atoms with E-state index in [9.17, 15) is 4.79 Å². The van der Waals surface area contributed by atoms with Crippen LogP contribution in [0.15, 0.2) is 48.9 Å². The van der Waals surface area contributed by atoms with Crippen LogP contribution in [0.25, 0.3) is 21.8 Å². The molecule has 0 radical (unpaired) electrons. The van der Waals surface area contributed by atoms with Gasteiger partial charge in [0, 0.05) is 32.3 Å². The van der Waals surface area contributed by atoms with Crippen molar-refractivity contribution in [2.45, 2.75) is 57.9 Å². The van der Waals surface area contributed by atoms with Gasteiger partial charge in [-0.2, -0.15) is 0 Å². The van der Waals surface area contributed by atoms with E-state index in [0.717, 1.165) is 92.5 Å². The molecule has 0 amide bonds. The van der Waals surface area contributed by atoms with Crippen molar-refractivity contribution in [1.29, 1.82) is 0 Å². The second-order valence-electron chi connectivity index (χ2n) is 11.8. The van der Waals surface area contributed by atoms with Crippen LogP contribution in [-0.4, -0.2) is 71.8 Å². The van der Waals surface area contributed by atoms with Gasteiger partial charge in [0.15, 0.2) is 0 Å². The normalized spacial score (nSPS) is 16.8. The number of benzene rings is 2. The molecule has 1 fully saturated rings. The van der Waals surface area contributed by atoms with E-state index in [0.29, 0.717) is 35.0 Å². The van der Waals surface area contributed by atoms with Crippen LogP contribution in [0.2, 0.25) is 10.0 Å². The average molecular weight is 640 g/mol. The smallest absolute Gasteiger partial charge is 0.305 e. The number of carbonyl (C=O) groups excluding carboxylic acids is 1. The third-order valence-electron chi connectivity index (χ3n) is 8.69. The van der Waals surface area contributed by atoms with Crippen molar-refractivity contribution in [1.82, 2.24) is 24.8 Å². The van der Waals surface area contributed by atoms with E-state index in [1.54, 1.807) is 6.33 Å². The van der Waals surface area contributed by atoms with Crippen LogP contribution < -0.4 is 10.6 Å². The molecule has 4 aromatic rings. The summed E-state index contributed by atoms with van der Waals surface area (Å²) < 4.78 is 7.50. The molecule has 236 valence electrons. The fraction of sp³-hybridized carbons (Fsp3) is 0.500. The number of anilines is 1. The molecule has 0 saturated heterocycles. The number of aromatic nitrogens is 3. The van der Waals surface area contributed by atoms with Crippen LogP contribution in [0, 0.1) is 5.92 Å². The molecule has 10 heteroatoms. The van der Waals surface area contributed by atoms with Gasteiger partial charge in [-0.1, -0.05) is 41.4 Å². The molecule has 2 aromatic carbocycles. The molecule has 1 saturated carbocycles. The third-order valence-corrected chi connectivity index (χ3v) is 9.41. The summed E-state index contributed by atoms with van der Waals surface area (Å²) >= 11 is 12.4. The number of fused-ring (bicyclic) bond motifs is 2. The van der Waals surface area contributed by atoms with Gasteiger partial charge < -0.3 is 24.8 Å². The van der Waals surface area contributed by atoms with Crippen LogP contribution in [0.3, 0.4) is 0 Å². The number of ether oxygens (including phenoxy) is 1. The van der Waals surface area contributed by atoms with Crippen molar-refractivity contribution in [2.75, 3.05) is 51.7 Å². The van der Waals surface area contributed by atoms with Gasteiger partial charge in [-0.25, -0.2) is 9.97 Å². The van der Waals surface area contributed by atoms with Gasteiger partial charge in [0.25, 0.3) is 0 Å². The van der Waals surface area contributed by atoms with Crippen LogP contribution in [-0.2, 0) is 16.0 Å². The van der Waals surface area contributed by atoms with E-state index >= 15 is 0 Å². The Morgan fingerprint density at radius 1 is 1.05 bits per heavy atom. The molecule has 44 heavy (non-hydrogen) atoms. The predicted molar refractivity (Wildman–Crippen MR) is 181 cm³/mol. The SMILES string of the molecule is CCOC(=O)CCCN(CCCNCCc1ccc2cc(Cl)c(Cl)cc2c1)CC1CCC(n2ccc3c(NC)ncnc32)C1. The second-order valence-corrected chi connectivity index (χ2v) is 12.6. The first kappa shape index (κ1) is 32.5. The zero-order valence-electron chi connectivity index (χ0n) is 25.8. The van der Waals surface area contributed by atoms with Gasteiger partial charge in [0.2, 0.25) is 0 Å². The molecule has 2 N–H and O–H groups in total. The van der Waals surface area contributed by atoms with E-state index in [2.05, 4.69) is 60.5 Å². The number of nitrogens with one attached hydrogen (secondary N) is 2. The molecule has 2 heterocycles. The van der Waals surface area contributed by atoms with Crippen molar-refractivity contribution >= 4 is 56.8 Å². The molecule has 5 rings (SSSR count). The fourth-order valence-electron chi connectivity index (χ4n) is 6.50. The van der Waals surface area contributed by atoms with Gasteiger partial charge in [0.05, 0.1) is 22.0 Å². The lowest BCUT2D eigenvalue weighted by molar-refractivity contribution is -0.143. The second kappa shape index (κ2) is 15.9. The van der Waals surface area contributed by atoms with Gasteiger partial charge in [-0.05, 0) is 112 Å². The van der Waals surface area contributed by atoms with Crippen LogP contribution in [0.1, 0.15) is 57.1 Å². The molecule has 2 atom stereocenters. The van der Waals surface area contributed by atoms with Crippen molar-refractivity contribution in [2.24, 2.45) is 5.92 Å². The fourth-order valence-corrected chi connectivity index (χ4v) is 6.85. The Kier molecular flexibility index (Phi) is 11.7. The number of rotatable bonds is 16. The molecule has 0 spiro atoms. The van der Waals surface area contributed by atoms with E-state index < -0.39 is 0 Å². The first-order chi connectivity index (χ1) is 21.4. The van der Waals surface area contributed by atoms with Crippen molar-refractivity contribution in [3.63, 3.8) is 0 Å². The number of nitrogens with zero attached hydrogens (tertiary/aromatic N) is 4. The highest BCUT2D eigenvalue weighted by Gasteiger charge is 2.28. The highest BCUT2D eigenvalue weighted by atomic mass is 35.5. The topological polar surface area (TPSA) is 84.3 Å². The summed E-state index contributed by atoms with van der Waals surface area (Å²) in [6.45, 7) is 7.15.